The van der Waals surface area contributed by atoms with E-state index < -0.39 is 0 Å². The highest BCUT2D eigenvalue weighted by molar-refractivity contribution is 5.28. The number of hydrogen-bond donors (Lipinski definition) is 1. The maximum Gasteiger partial charge on any atom is 0.0336 e. The standard InChI is InChI=1S/C14H16N2/c1-11-4-2-3-5-13(11)10-14(15)12-6-8-16-9-7-12/h2-9,14H,10,15H2,1H3. The van der Waals surface area contributed by atoms with Crippen LogP contribution in [0.4, 0.5) is 0 Å². The van der Waals surface area contributed by atoms with Gasteiger partial charge in [0.25, 0.3) is 0 Å². The van der Waals surface area contributed by atoms with Gasteiger partial charge in [0.2, 0.25) is 0 Å². The number of rotatable bonds is 3. The van der Waals surface area contributed by atoms with E-state index in [9.17, 15) is 0 Å². The number of nitrogens with zero attached hydrogens (tertiary/aromatic N) is 1. The van der Waals surface area contributed by atoms with Crippen LogP contribution in [0.1, 0.15) is 22.7 Å². The Bertz CT molecular complexity index is 451. The van der Waals surface area contributed by atoms with Gasteiger partial charge in [-0.15, -0.1) is 0 Å². The molecule has 1 heterocycles. The molecule has 2 heteroatoms. The average molecular weight is 212 g/mol. The van der Waals surface area contributed by atoms with Crippen LogP contribution in [-0.4, -0.2) is 4.98 Å². The van der Waals surface area contributed by atoms with Crippen molar-refractivity contribution < 1.29 is 0 Å². The van der Waals surface area contributed by atoms with Crippen molar-refractivity contribution in [3.63, 3.8) is 0 Å². The summed E-state index contributed by atoms with van der Waals surface area (Å²) in [5.41, 5.74) is 9.92. The second-order valence-electron chi connectivity index (χ2n) is 4.02. The Morgan fingerprint density at radius 3 is 2.50 bits per heavy atom. The molecule has 16 heavy (non-hydrogen) atoms. The summed E-state index contributed by atoms with van der Waals surface area (Å²) in [7, 11) is 0. The highest BCUT2D eigenvalue weighted by atomic mass is 14.6. The first-order chi connectivity index (χ1) is 7.77. The molecule has 0 fully saturated rings. The van der Waals surface area contributed by atoms with Crippen LogP contribution in [0, 0.1) is 6.92 Å². The molecule has 0 aliphatic heterocycles. The van der Waals surface area contributed by atoms with Crippen LogP contribution in [0.3, 0.4) is 0 Å². The van der Waals surface area contributed by atoms with Crippen LogP contribution in [0.15, 0.2) is 48.8 Å². The molecule has 0 aliphatic carbocycles. The molecular formula is C14H16N2. The molecule has 0 radical (unpaired) electrons. The van der Waals surface area contributed by atoms with Crippen molar-refractivity contribution in [2.75, 3.05) is 0 Å². The van der Waals surface area contributed by atoms with Gasteiger partial charge in [0.1, 0.15) is 0 Å². The molecule has 0 spiro atoms. The van der Waals surface area contributed by atoms with Gasteiger partial charge in [-0.25, -0.2) is 0 Å². The van der Waals surface area contributed by atoms with Gasteiger partial charge in [0.15, 0.2) is 0 Å². The summed E-state index contributed by atoms with van der Waals surface area (Å²) < 4.78 is 0. The molecule has 2 aromatic rings. The zero-order valence-electron chi connectivity index (χ0n) is 9.43. The van der Waals surface area contributed by atoms with E-state index in [1.807, 2.05) is 12.1 Å². The maximum absolute atomic E-state index is 6.17. The minimum absolute atomic E-state index is 0.0455. The molecule has 2 rings (SSSR count). The number of pyridine rings is 1. The fourth-order valence-electron chi connectivity index (χ4n) is 1.80. The first-order valence-electron chi connectivity index (χ1n) is 5.47. The first-order valence-corrected chi connectivity index (χ1v) is 5.47. The first kappa shape index (κ1) is 10.8. The van der Waals surface area contributed by atoms with Crippen molar-refractivity contribution in [1.82, 2.24) is 4.98 Å². The van der Waals surface area contributed by atoms with Gasteiger partial charge in [-0.3, -0.25) is 4.98 Å². The lowest BCUT2D eigenvalue weighted by atomic mass is 9.97. The number of aromatic nitrogens is 1. The molecule has 1 aromatic heterocycles. The summed E-state index contributed by atoms with van der Waals surface area (Å²) >= 11 is 0. The predicted octanol–water partition coefficient (Wildman–Crippen LogP) is 2.63. The van der Waals surface area contributed by atoms with Gasteiger partial charge in [0.05, 0.1) is 0 Å². The molecule has 2 N–H and O–H groups in total. The largest absolute Gasteiger partial charge is 0.324 e. The predicted molar refractivity (Wildman–Crippen MR) is 66.0 cm³/mol. The number of nitrogens with two attached hydrogens (primary N) is 1. The zero-order chi connectivity index (χ0) is 11.4. The highest BCUT2D eigenvalue weighted by Gasteiger charge is 2.07. The summed E-state index contributed by atoms with van der Waals surface area (Å²) in [5.74, 6) is 0. The Labute approximate surface area is 96.1 Å². The quantitative estimate of drug-likeness (QED) is 0.849. The Hall–Kier alpha value is -1.67. The monoisotopic (exact) mass is 212 g/mol. The number of hydrogen-bond acceptors (Lipinski definition) is 2. The minimum atomic E-state index is 0.0455. The van der Waals surface area contributed by atoms with Crippen LogP contribution in [0.2, 0.25) is 0 Å². The summed E-state index contributed by atoms with van der Waals surface area (Å²) in [6, 6.07) is 12.4. The van der Waals surface area contributed by atoms with Gasteiger partial charge >= 0.3 is 0 Å². The maximum atomic E-state index is 6.17. The van der Waals surface area contributed by atoms with E-state index in [0.717, 1.165) is 12.0 Å². The van der Waals surface area contributed by atoms with Crippen molar-refractivity contribution in [3.05, 3.63) is 65.5 Å². The molecule has 1 aromatic carbocycles. The van der Waals surface area contributed by atoms with Gasteiger partial charge in [-0.2, -0.15) is 0 Å². The Kier molecular flexibility index (Phi) is 3.32. The highest BCUT2D eigenvalue weighted by Crippen LogP contribution is 2.17. The third-order valence-corrected chi connectivity index (χ3v) is 2.84. The molecule has 1 atom stereocenters. The SMILES string of the molecule is Cc1ccccc1CC(N)c1ccncc1. The lowest BCUT2D eigenvalue weighted by molar-refractivity contribution is 0.717. The second-order valence-corrected chi connectivity index (χ2v) is 4.02. The van der Waals surface area contributed by atoms with E-state index in [0.29, 0.717) is 0 Å². The van der Waals surface area contributed by atoms with E-state index in [4.69, 9.17) is 5.73 Å². The smallest absolute Gasteiger partial charge is 0.0336 e. The zero-order valence-corrected chi connectivity index (χ0v) is 9.43. The summed E-state index contributed by atoms with van der Waals surface area (Å²) in [6.07, 6.45) is 4.44. The molecule has 0 saturated carbocycles. The van der Waals surface area contributed by atoms with E-state index in [2.05, 4.69) is 36.2 Å². The minimum Gasteiger partial charge on any atom is -0.324 e. The molecular weight excluding hydrogens is 196 g/mol. The third-order valence-electron chi connectivity index (χ3n) is 2.84. The van der Waals surface area contributed by atoms with E-state index in [-0.39, 0.29) is 6.04 Å². The van der Waals surface area contributed by atoms with Crippen LogP contribution < -0.4 is 5.73 Å². The van der Waals surface area contributed by atoms with Gasteiger partial charge < -0.3 is 5.73 Å². The van der Waals surface area contributed by atoms with E-state index >= 15 is 0 Å². The van der Waals surface area contributed by atoms with Crippen molar-refractivity contribution in [2.24, 2.45) is 5.73 Å². The van der Waals surface area contributed by atoms with Gasteiger partial charge in [-0.1, -0.05) is 24.3 Å². The normalized spacial score (nSPS) is 12.4. The number of benzene rings is 1. The average Bonchev–Trinajstić information content (AvgIpc) is 2.33. The molecule has 2 nitrogen and oxygen atoms in total. The van der Waals surface area contributed by atoms with Crippen LogP contribution in [0.5, 0.6) is 0 Å². The van der Waals surface area contributed by atoms with E-state index in [1.54, 1.807) is 12.4 Å². The fourth-order valence-corrected chi connectivity index (χ4v) is 1.80. The van der Waals surface area contributed by atoms with Crippen molar-refractivity contribution in [2.45, 2.75) is 19.4 Å². The Morgan fingerprint density at radius 2 is 1.81 bits per heavy atom. The summed E-state index contributed by atoms with van der Waals surface area (Å²) in [5, 5.41) is 0. The van der Waals surface area contributed by atoms with Crippen LogP contribution >= 0.6 is 0 Å². The van der Waals surface area contributed by atoms with Gasteiger partial charge in [0, 0.05) is 18.4 Å². The van der Waals surface area contributed by atoms with Crippen LogP contribution in [-0.2, 0) is 6.42 Å². The lowest BCUT2D eigenvalue weighted by Gasteiger charge is -2.13. The summed E-state index contributed by atoms with van der Waals surface area (Å²) in [6.45, 7) is 2.12. The number of aryl methyl sites for hydroxylation is 1. The molecule has 1 unspecified atom stereocenters. The van der Waals surface area contributed by atoms with E-state index in [1.165, 1.54) is 11.1 Å². The molecule has 0 aliphatic rings. The Balaban J connectivity index is 2.14. The fraction of sp³-hybridized carbons (Fsp3) is 0.214. The topological polar surface area (TPSA) is 38.9 Å². The second kappa shape index (κ2) is 4.90. The molecule has 82 valence electrons. The molecule has 0 amide bonds. The summed E-state index contributed by atoms with van der Waals surface area (Å²) in [4.78, 5) is 4.00. The molecule has 0 bridgehead atoms. The Morgan fingerprint density at radius 1 is 1.12 bits per heavy atom. The third kappa shape index (κ3) is 2.47. The molecule has 0 saturated heterocycles. The lowest BCUT2D eigenvalue weighted by Crippen LogP contribution is -2.13. The van der Waals surface area contributed by atoms with Crippen molar-refractivity contribution in [1.29, 1.82) is 0 Å². The van der Waals surface area contributed by atoms with Crippen molar-refractivity contribution in [3.8, 4) is 0 Å². The van der Waals surface area contributed by atoms with Gasteiger partial charge in [-0.05, 0) is 42.2 Å². The van der Waals surface area contributed by atoms with Crippen LogP contribution in [0.25, 0.3) is 0 Å². The van der Waals surface area contributed by atoms with Crippen molar-refractivity contribution >= 4 is 0 Å².